The summed E-state index contributed by atoms with van der Waals surface area (Å²) in [7, 11) is 0. The summed E-state index contributed by atoms with van der Waals surface area (Å²) < 4.78 is 6.96. The van der Waals surface area contributed by atoms with Gasteiger partial charge in [-0.1, -0.05) is 41.6 Å². The van der Waals surface area contributed by atoms with E-state index in [9.17, 15) is 4.79 Å². The van der Waals surface area contributed by atoms with Crippen LogP contribution < -0.4 is 5.56 Å². The zero-order valence-electron chi connectivity index (χ0n) is 13.2. The lowest BCUT2D eigenvalue weighted by atomic mass is 10.2. The van der Waals surface area contributed by atoms with Crippen LogP contribution in [0.5, 0.6) is 0 Å². The Morgan fingerprint density at radius 2 is 1.84 bits per heavy atom. The van der Waals surface area contributed by atoms with Gasteiger partial charge < -0.3 is 9.09 Å². The van der Waals surface area contributed by atoms with Crippen molar-refractivity contribution in [3.63, 3.8) is 0 Å². The molecule has 3 aromatic heterocycles. The van der Waals surface area contributed by atoms with Gasteiger partial charge in [-0.2, -0.15) is 4.98 Å². The Bertz CT molecular complexity index is 1040. The molecule has 0 aliphatic carbocycles. The number of hydrogen-bond donors (Lipinski definition) is 0. The van der Waals surface area contributed by atoms with Gasteiger partial charge in [0.05, 0.1) is 12.1 Å². The summed E-state index contributed by atoms with van der Waals surface area (Å²) in [6.45, 7) is 0.431. The fraction of sp³-hybridized carbons (Fsp3) is 0.0526. The lowest BCUT2D eigenvalue weighted by Gasteiger charge is -2.06. The highest BCUT2D eigenvalue weighted by molar-refractivity contribution is 5.58. The summed E-state index contributed by atoms with van der Waals surface area (Å²) >= 11 is 0. The summed E-state index contributed by atoms with van der Waals surface area (Å²) in [4.78, 5) is 20.6. The van der Waals surface area contributed by atoms with E-state index in [1.54, 1.807) is 29.2 Å². The highest BCUT2D eigenvalue weighted by atomic mass is 16.5. The molecule has 0 bridgehead atoms. The summed E-state index contributed by atoms with van der Waals surface area (Å²) in [5, 5.41) is 4.02. The van der Waals surface area contributed by atoms with Crippen molar-refractivity contribution in [2.75, 3.05) is 0 Å². The molecule has 0 atom stereocenters. The number of hydrogen-bond acceptors (Lipinski definition) is 5. The lowest BCUT2D eigenvalue weighted by Crippen LogP contribution is -2.19. The molecule has 0 spiro atoms. The Hall–Kier alpha value is -3.54. The average molecular weight is 330 g/mol. The highest BCUT2D eigenvalue weighted by Crippen LogP contribution is 2.21. The normalized spacial score (nSPS) is 10.7. The lowest BCUT2D eigenvalue weighted by molar-refractivity contribution is 0.432. The van der Waals surface area contributed by atoms with Crippen molar-refractivity contribution in [1.29, 1.82) is 0 Å². The van der Waals surface area contributed by atoms with Gasteiger partial charge in [0.2, 0.25) is 5.82 Å². The Kier molecular flexibility index (Phi) is 3.92. The van der Waals surface area contributed by atoms with Crippen molar-refractivity contribution in [3.8, 4) is 22.8 Å². The molecule has 0 amide bonds. The minimum atomic E-state index is -0.101. The molecule has 4 rings (SSSR count). The fourth-order valence-corrected chi connectivity index (χ4v) is 2.51. The molecular weight excluding hydrogens is 316 g/mol. The maximum absolute atomic E-state index is 12.1. The zero-order chi connectivity index (χ0) is 17.1. The summed E-state index contributed by atoms with van der Waals surface area (Å²) in [6, 6.07) is 16.5. The van der Waals surface area contributed by atoms with Crippen molar-refractivity contribution < 1.29 is 4.52 Å². The minimum Gasteiger partial charge on any atom is -0.334 e. The molecule has 0 unspecified atom stereocenters. The zero-order valence-corrected chi connectivity index (χ0v) is 13.2. The molecule has 1 aromatic carbocycles. The predicted molar refractivity (Wildman–Crippen MR) is 92.8 cm³/mol. The fourth-order valence-electron chi connectivity index (χ4n) is 2.51. The molecule has 0 saturated carbocycles. The molecule has 4 aromatic rings. The van der Waals surface area contributed by atoms with Crippen molar-refractivity contribution in [2.45, 2.75) is 6.54 Å². The van der Waals surface area contributed by atoms with E-state index in [-0.39, 0.29) is 5.56 Å². The SMILES string of the molecule is O=c1ccc(-c2nc(-c3ccccc3)no2)cn1Cc1cccnc1. The first-order chi connectivity index (χ1) is 12.3. The maximum Gasteiger partial charge on any atom is 0.259 e. The third-order valence-electron chi connectivity index (χ3n) is 3.76. The third kappa shape index (κ3) is 3.23. The van der Waals surface area contributed by atoms with Gasteiger partial charge in [-0.3, -0.25) is 9.78 Å². The van der Waals surface area contributed by atoms with Gasteiger partial charge in [0.15, 0.2) is 0 Å². The number of nitrogens with zero attached hydrogens (tertiary/aromatic N) is 4. The van der Waals surface area contributed by atoms with E-state index >= 15 is 0 Å². The molecule has 0 aliphatic rings. The molecule has 6 heteroatoms. The average Bonchev–Trinajstić information content (AvgIpc) is 3.15. The second kappa shape index (κ2) is 6.52. The van der Waals surface area contributed by atoms with Gasteiger partial charge in [-0.25, -0.2) is 0 Å². The maximum atomic E-state index is 12.1. The van der Waals surface area contributed by atoms with Gasteiger partial charge in [0.25, 0.3) is 11.4 Å². The Morgan fingerprint density at radius 1 is 0.960 bits per heavy atom. The van der Waals surface area contributed by atoms with E-state index < -0.39 is 0 Å². The van der Waals surface area contributed by atoms with E-state index in [1.165, 1.54) is 6.07 Å². The molecule has 0 saturated heterocycles. The largest absolute Gasteiger partial charge is 0.334 e. The van der Waals surface area contributed by atoms with Crippen molar-refractivity contribution in [1.82, 2.24) is 19.7 Å². The van der Waals surface area contributed by atoms with E-state index in [4.69, 9.17) is 4.52 Å². The number of aromatic nitrogens is 4. The Labute approximate surface area is 143 Å². The molecule has 0 fully saturated rings. The van der Waals surface area contributed by atoms with Crippen LogP contribution >= 0.6 is 0 Å². The van der Waals surface area contributed by atoms with Crippen molar-refractivity contribution >= 4 is 0 Å². The predicted octanol–water partition coefficient (Wildman–Crippen LogP) is 3.01. The first-order valence-corrected chi connectivity index (χ1v) is 7.78. The van der Waals surface area contributed by atoms with Crippen LogP contribution in [0.2, 0.25) is 0 Å². The first kappa shape index (κ1) is 15.0. The highest BCUT2D eigenvalue weighted by Gasteiger charge is 2.11. The molecule has 25 heavy (non-hydrogen) atoms. The minimum absolute atomic E-state index is 0.101. The molecule has 3 heterocycles. The molecule has 6 nitrogen and oxygen atoms in total. The van der Waals surface area contributed by atoms with Crippen LogP contribution in [0, 0.1) is 0 Å². The van der Waals surface area contributed by atoms with Gasteiger partial charge in [0.1, 0.15) is 0 Å². The molecule has 0 aliphatic heterocycles. The van der Waals surface area contributed by atoms with Crippen LogP contribution in [-0.2, 0) is 6.54 Å². The molecule has 0 radical (unpaired) electrons. The van der Waals surface area contributed by atoms with E-state index in [0.29, 0.717) is 23.8 Å². The van der Waals surface area contributed by atoms with Crippen molar-refractivity contribution in [3.05, 3.63) is 89.1 Å². The summed E-state index contributed by atoms with van der Waals surface area (Å²) in [6.07, 6.45) is 5.16. The van der Waals surface area contributed by atoms with Gasteiger partial charge in [0, 0.05) is 30.2 Å². The van der Waals surface area contributed by atoms with Crippen molar-refractivity contribution in [2.24, 2.45) is 0 Å². The second-order valence-electron chi connectivity index (χ2n) is 5.53. The standard InChI is InChI=1S/C19H14N4O2/c24-17-9-8-16(13-23(17)12-14-5-4-10-20-11-14)19-21-18(22-25-19)15-6-2-1-3-7-15/h1-11,13H,12H2. The van der Waals surface area contributed by atoms with Gasteiger partial charge in [-0.05, 0) is 17.7 Å². The van der Waals surface area contributed by atoms with Crippen LogP contribution in [0.4, 0.5) is 0 Å². The molecule has 122 valence electrons. The molecular formula is C19H14N4O2. The van der Waals surface area contributed by atoms with Crippen LogP contribution in [0.3, 0.4) is 0 Å². The van der Waals surface area contributed by atoms with E-state index in [2.05, 4.69) is 15.1 Å². The van der Waals surface area contributed by atoms with Gasteiger partial charge in [-0.15, -0.1) is 0 Å². The Balaban J connectivity index is 1.66. The number of pyridine rings is 2. The summed E-state index contributed by atoms with van der Waals surface area (Å²) in [5.41, 5.74) is 2.41. The number of benzene rings is 1. The second-order valence-corrected chi connectivity index (χ2v) is 5.53. The van der Waals surface area contributed by atoms with E-state index in [0.717, 1.165) is 11.1 Å². The summed E-state index contributed by atoms with van der Waals surface area (Å²) in [5.74, 6) is 0.888. The van der Waals surface area contributed by atoms with Crippen LogP contribution in [0.1, 0.15) is 5.56 Å². The van der Waals surface area contributed by atoms with Crippen LogP contribution in [-0.4, -0.2) is 19.7 Å². The monoisotopic (exact) mass is 330 g/mol. The van der Waals surface area contributed by atoms with Gasteiger partial charge >= 0.3 is 0 Å². The first-order valence-electron chi connectivity index (χ1n) is 7.78. The quantitative estimate of drug-likeness (QED) is 0.575. The van der Waals surface area contributed by atoms with Crippen LogP contribution in [0.25, 0.3) is 22.8 Å². The Morgan fingerprint density at radius 3 is 2.64 bits per heavy atom. The molecule has 0 N–H and O–H groups in total. The van der Waals surface area contributed by atoms with Crippen LogP contribution in [0.15, 0.2) is 82.5 Å². The van der Waals surface area contributed by atoms with E-state index in [1.807, 2.05) is 42.5 Å². The topological polar surface area (TPSA) is 73.8 Å². The smallest absolute Gasteiger partial charge is 0.259 e. The third-order valence-corrected chi connectivity index (χ3v) is 3.76. The number of rotatable bonds is 4.